The van der Waals surface area contributed by atoms with Gasteiger partial charge in [0, 0.05) is 0 Å². The molecule has 82 valence electrons. The van der Waals surface area contributed by atoms with Crippen molar-refractivity contribution >= 4 is 6.29 Å². The number of hydrogen-bond acceptors (Lipinski definition) is 4. The Kier molecular flexibility index (Phi) is 3.23. The molecule has 0 aliphatic heterocycles. The smallest absolute Gasteiger partial charge is 0.422 e. The van der Waals surface area contributed by atoms with E-state index in [0.29, 0.717) is 6.29 Å². The zero-order valence-corrected chi connectivity index (χ0v) is 7.71. The highest BCUT2D eigenvalue weighted by atomic mass is 19.4. The second kappa shape index (κ2) is 4.24. The molecule has 0 fully saturated rings. The maximum Gasteiger partial charge on any atom is 0.422 e. The lowest BCUT2D eigenvalue weighted by Gasteiger charge is -2.09. The molecule has 0 amide bonds. The summed E-state index contributed by atoms with van der Waals surface area (Å²) in [6, 6.07) is 0. The van der Waals surface area contributed by atoms with Gasteiger partial charge in [0.1, 0.15) is 11.4 Å². The van der Waals surface area contributed by atoms with Gasteiger partial charge >= 0.3 is 6.18 Å². The first-order valence-electron chi connectivity index (χ1n) is 3.91. The number of aldehydes is 1. The Morgan fingerprint density at radius 1 is 1.53 bits per heavy atom. The van der Waals surface area contributed by atoms with E-state index in [9.17, 15) is 18.0 Å². The first-order valence-corrected chi connectivity index (χ1v) is 3.91. The number of rotatable bonds is 3. The Balaban J connectivity index is 2.74. The van der Waals surface area contributed by atoms with Crippen LogP contribution in [-0.4, -0.2) is 29.0 Å². The van der Waals surface area contributed by atoms with E-state index in [1.807, 2.05) is 0 Å². The number of ether oxygens (including phenoxy) is 1. The Morgan fingerprint density at radius 2 is 2.20 bits per heavy atom. The van der Waals surface area contributed by atoms with Gasteiger partial charge < -0.3 is 4.74 Å². The van der Waals surface area contributed by atoms with Crippen molar-refractivity contribution in [3.8, 4) is 5.88 Å². The Morgan fingerprint density at radius 3 is 2.67 bits per heavy atom. The number of aryl methyl sites for hydroxylation is 1. The van der Waals surface area contributed by atoms with Gasteiger partial charge in [0.05, 0.1) is 6.20 Å². The number of carbonyl (C=O) groups is 1. The predicted molar refractivity (Wildman–Crippen MR) is 43.7 cm³/mol. The van der Waals surface area contributed by atoms with Crippen LogP contribution in [0, 0.1) is 6.92 Å². The SMILES string of the molecule is Cc1nc(C=O)cnc1OCC(F)(F)F. The summed E-state index contributed by atoms with van der Waals surface area (Å²) in [5, 5.41) is 0. The first-order chi connectivity index (χ1) is 6.92. The lowest BCUT2D eigenvalue weighted by Crippen LogP contribution is -2.20. The van der Waals surface area contributed by atoms with Gasteiger partial charge in [0.2, 0.25) is 5.88 Å². The molecule has 1 heterocycles. The van der Waals surface area contributed by atoms with Crippen LogP contribution in [0.3, 0.4) is 0 Å². The van der Waals surface area contributed by atoms with Crippen molar-refractivity contribution < 1.29 is 22.7 Å². The topological polar surface area (TPSA) is 52.1 Å². The van der Waals surface area contributed by atoms with E-state index >= 15 is 0 Å². The second-order valence-corrected chi connectivity index (χ2v) is 2.71. The van der Waals surface area contributed by atoms with Crippen LogP contribution in [0.5, 0.6) is 5.88 Å². The third-order valence-electron chi connectivity index (χ3n) is 1.41. The highest BCUT2D eigenvalue weighted by molar-refractivity contribution is 5.71. The summed E-state index contributed by atoms with van der Waals surface area (Å²) >= 11 is 0. The number of nitrogens with zero attached hydrogens (tertiary/aromatic N) is 2. The monoisotopic (exact) mass is 220 g/mol. The third kappa shape index (κ3) is 3.53. The van der Waals surface area contributed by atoms with Crippen molar-refractivity contribution in [2.24, 2.45) is 0 Å². The van der Waals surface area contributed by atoms with E-state index in [4.69, 9.17) is 0 Å². The fourth-order valence-corrected chi connectivity index (χ4v) is 0.837. The van der Waals surface area contributed by atoms with Gasteiger partial charge in [-0.2, -0.15) is 13.2 Å². The Bertz CT molecular complexity index is 365. The van der Waals surface area contributed by atoms with E-state index in [1.165, 1.54) is 6.92 Å². The van der Waals surface area contributed by atoms with E-state index in [2.05, 4.69) is 14.7 Å². The number of hydrogen-bond donors (Lipinski definition) is 0. The molecule has 0 bridgehead atoms. The van der Waals surface area contributed by atoms with Gasteiger partial charge in [-0.3, -0.25) is 4.79 Å². The van der Waals surface area contributed by atoms with Crippen LogP contribution in [-0.2, 0) is 0 Å². The number of carbonyl (C=O) groups excluding carboxylic acids is 1. The molecular weight excluding hydrogens is 213 g/mol. The minimum absolute atomic E-state index is 0.0480. The van der Waals surface area contributed by atoms with Crippen LogP contribution >= 0.6 is 0 Å². The molecule has 4 nitrogen and oxygen atoms in total. The molecule has 0 radical (unpaired) electrons. The average molecular weight is 220 g/mol. The Hall–Kier alpha value is -1.66. The standard InChI is InChI=1S/C8H7F3N2O2/c1-5-7(15-4-8(9,10)11)12-2-6(3-14)13-5/h2-3H,4H2,1H3. The molecule has 0 saturated heterocycles. The number of aromatic nitrogens is 2. The molecule has 0 aliphatic rings. The van der Waals surface area contributed by atoms with Crippen molar-refractivity contribution in [1.82, 2.24) is 9.97 Å². The van der Waals surface area contributed by atoms with Crippen LogP contribution in [0.1, 0.15) is 16.2 Å². The fraction of sp³-hybridized carbons (Fsp3) is 0.375. The van der Waals surface area contributed by atoms with E-state index < -0.39 is 12.8 Å². The molecule has 1 rings (SSSR count). The van der Waals surface area contributed by atoms with Crippen molar-refractivity contribution in [3.63, 3.8) is 0 Å². The van der Waals surface area contributed by atoms with Crippen molar-refractivity contribution in [2.45, 2.75) is 13.1 Å². The summed E-state index contributed by atoms with van der Waals surface area (Å²) < 4.78 is 39.8. The molecular formula is C8H7F3N2O2. The normalized spacial score (nSPS) is 11.2. The van der Waals surface area contributed by atoms with Gasteiger partial charge in [0.15, 0.2) is 12.9 Å². The van der Waals surface area contributed by atoms with E-state index in [-0.39, 0.29) is 17.3 Å². The molecule has 0 N–H and O–H groups in total. The summed E-state index contributed by atoms with van der Waals surface area (Å²) in [7, 11) is 0. The minimum Gasteiger partial charge on any atom is -0.467 e. The third-order valence-corrected chi connectivity index (χ3v) is 1.41. The number of alkyl halides is 3. The summed E-state index contributed by atoms with van der Waals surface area (Å²) in [6.07, 6.45) is -2.92. The first kappa shape index (κ1) is 11.4. The highest BCUT2D eigenvalue weighted by Gasteiger charge is 2.29. The maximum absolute atomic E-state index is 11.8. The molecule has 7 heteroatoms. The van der Waals surface area contributed by atoms with Gasteiger partial charge in [-0.1, -0.05) is 0 Å². The molecule has 0 aromatic carbocycles. The van der Waals surface area contributed by atoms with Crippen LogP contribution < -0.4 is 4.74 Å². The summed E-state index contributed by atoms with van der Waals surface area (Å²) in [4.78, 5) is 17.5. The fourth-order valence-electron chi connectivity index (χ4n) is 0.837. The quantitative estimate of drug-likeness (QED) is 0.725. The lowest BCUT2D eigenvalue weighted by atomic mass is 10.4. The van der Waals surface area contributed by atoms with Crippen LogP contribution in [0.25, 0.3) is 0 Å². The van der Waals surface area contributed by atoms with Crippen LogP contribution in [0.4, 0.5) is 13.2 Å². The molecule has 1 aromatic heterocycles. The predicted octanol–water partition coefficient (Wildman–Crippen LogP) is 1.54. The summed E-state index contributed by atoms with van der Waals surface area (Å²) in [6.45, 7) is -0.0192. The second-order valence-electron chi connectivity index (χ2n) is 2.71. The van der Waals surface area contributed by atoms with Gasteiger partial charge in [-0.15, -0.1) is 0 Å². The molecule has 0 atom stereocenters. The highest BCUT2D eigenvalue weighted by Crippen LogP contribution is 2.18. The molecule has 0 unspecified atom stereocenters. The molecule has 1 aromatic rings. The van der Waals surface area contributed by atoms with Gasteiger partial charge in [-0.05, 0) is 6.92 Å². The zero-order valence-electron chi connectivity index (χ0n) is 7.71. The molecule has 0 aliphatic carbocycles. The van der Waals surface area contributed by atoms with Crippen molar-refractivity contribution in [3.05, 3.63) is 17.6 Å². The zero-order chi connectivity index (χ0) is 11.5. The summed E-state index contributed by atoms with van der Waals surface area (Å²) in [5.41, 5.74) is 0.190. The number of halogens is 3. The molecule has 0 spiro atoms. The molecule has 15 heavy (non-hydrogen) atoms. The van der Waals surface area contributed by atoms with E-state index in [0.717, 1.165) is 6.20 Å². The van der Waals surface area contributed by atoms with Gasteiger partial charge in [-0.25, -0.2) is 9.97 Å². The van der Waals surface area contributed by atoms with Crippen molar-refractivity contribution in [1.29, 1.82) is 0 Å². The van der Waals surface area contributed by atoms with Crippen molar-refractivity contribution in [2.75, 3.05) is 6.61 Å². The van der Waals surface area contributed by atoms with Gasteiger partial charge in [0.25, 0.3) is 0 Å². The lowest BCUT2D eigenvalue weighted by molar-refractivity contribution is -0.154. The molecule has 0 saturated carbocycles. The average Bonchev–Trinajstić information content (AvgIpc) is 2.14. The minimum atomic E-state index is -4.42. The van der Waals surface area contributed by atoms with Crippen LogP contribution in [0.15, 0.2) is 6.20 Å². The Labute approximate surface area is 83.1 Å². The maximum atomic E-state index is 11.8. The van der Waals surface area contributed by atoms with E-state index in [1.54, 1.807) is 0 Å². The largest absolute Gasteiger partial charge is 0.467 e. The summed E-state index contributed by atoms with van der Waals surface area (Å²) in [5.74, 6) is -0.224. The van der Waals surface area contributed by atoms with Crippen LogP contribution in [0.2, 0.25) is 0 Å².